The summed E-state index contributed by atoms with van der Waals surface area (Å²) in [4.78, 5) is 9.27. The number of phenols is 1. The highest BCUT2D eigenvalue weighted by Crippen LogP contribution is 2.37. The monoisotopic (exact) mass is 408 g/mol. The summed E-state index contributed by atoms with van der Waals surface area (Å²) in [5, 5.41) is 13.8. The van der Waals surface area contributed by atoms with Crippen molar-refractivity contribution in [1.29, 1.82) is 0 Å². The second-order valence-electron chi connectivity index (χ2n) is 6.14. The van der Waals surface area contributed by atoms with Crippen LogP contribution in [0.3, 0.4) is 0 Å². The molecule has 6 heteroatoms. The van der Waals surface area contributed by atoms with Crippen LogP contribution < -0.4 is 5.32 Å². The van der Waals surface area contributed by atoms with Crippen molar-refractivity contribution >= 4 is 33.2 Å². The molecule has 0 saturated carbocycles. The number of hydrogen-bond acceptors (Lipinski definition) is 4. The van der Waals surface area contributed by atoms with Crippen molar-refractivity contribution in [3.63, 3.8) is 0 Å². The lowest BCUT2D eigenvalue weighted by atomic mass is 10.1. The lowest BCUT2D eigenvalue weighted by Gasteiger charge is -2.11. The molecular formula is C20H17BrN4O. The van der Waals surface area contributed by atoms with Crippen LogP contribution in [-0.4, -0.2) is 19.5 Å². The standard InChI is InChI=1S/C20H17BrN4O/c1-12-10-13(2)25-19(23-15-6-4-3-5-7-15)18(24-20(25)22-12)16-11-14(21)8-9-17(16)26/h3-11,23,26H,1-2H3. The lowest BCUT2D eigenvalue weighted by molar-refractivity contribution is 0.477. The maximum absolute atomic E-state index is 10.4. The van der Waals surface area contributed by atoms with Gasteiger partial charge >= 0.3 is 0 Å². The molecule has 2 N–H and O–H groups in total. The zero-order valence-electron chi connectivity index (χ0n) is 14.4. The van der Waals surface area contributed by atoms with Gasteiger partial charge in [-0.05, 0) is 50.2 Å². The van der Waals surface area contributed by atoms with E-state index in [9.17, 15) is 5.11 Å². The fourth-order valence-corrected chi connectivity index (χ4v) is 3.39. The van der Waals surface area contributed by atoms with Gasteiger partial charge in [0.25, 0.3) is 0 Å². The molecule has 0 aliphatic heterocycles. The average Bonchev–Trinajstić information content (AvgIpc) is 2.96. The molecular weight excluding hydrogens is 392 g/mol. The van der Waals surface area contributed by atoms with E-state index < -0.39 is 0 Å². The second-order valence-corrected chi connectivity index (χ2v) is 7.05. The molecule has 4 aromatic rings. The Balaban J connectivity index is 2.01. The van der Waals surface area contributed by atoms with Gasteiger partial charge in [0.2, 0.25) is 5.78 Å². The van der Waals surface area contributed by atoms with Gasteiger partial charge in [-0.15, -0.1) is 0 Å². The summed E-state index contributed by atoms with van der Waals surface area (Å²) in [5.74, 6) is 1.53. The van der Waals surface area contributed by atoms with E-state index in [1.165, 1.54) is 0 Å². The predicted octanol–water partition coefficient (Wildman–Crippen LogP) is 5.22. The minimum Gasteiger partial charge on any atom is -0.507 e. The first-order chi connectivity index (χ1) is 12.5. The van der Waals surface area contributed by atoms with Crippen LogP contribution >= 0.6 is 15.9 Å². The van der Waals surface area contributed by atoms with Crippen molar-refractivity contribution in [2.45, 2.75) is 13.8 Å². The van der Waals surface area contributed by atoms with E-state index in [1.54, 1.807) is 12.1 Å². The minimum atomic E-state index is 0.169. The zero-order chi connectivity index (χ0) is 18.3. The summed E-state index contributed by atoms with van der Waals surface area (Å²) in [6, 6.07) is 17.2. The number of aromatic hydroxyl groups is 1. The number of nitrogens with one attached hydrogen (secondary N) is 1. The summed E-state index contributed by atoms with van der Waals surface area (Å²) in [6.07, 6.45) is 0. The number of anilines is 2. The van der Waals surface area contributed by atoms with Gasteiger partial charge in [-0.2, -0.15) is 0 Å². The smallest absolute Gasteiger partial charge is 0.236 e. The van der Waals surface area contributed by atoms with E-state index in [0.29, 0.717) is 17.0 Å². The summed E-state index contributed by atoms with van der Waals surface area (Å²) < 4.78 is 2.84. The van der Waals surface area contributed by atoms with E-state index in [2.05, 4.69) is 26.2 Å². The third kappa shape index (κ3) is 2.93. The van der Waals surface area contributed by atoms with Gasteiger partial charge in [-0.25, -0.2) is 9.97 Å². The lowest BCUT2D eigenvalue weighted by Crippen LogP contribution is -2.01. The molecule has 0 bridgehead atoms. The van der Waals surface area contributed by atoms with Crippen LogP contribution in [0, 0.1) is 13.8 Å². The maximum atomic E-state index is 10.4. The Hall–Kier alpha value is -2.86. The fourth-order valence-electron chi connectivity index (χ4n) is 3.03. The minimum absolute atomic E-state index is 0.169. The van der Waals surface area contributed by atoms with E-state index in [4.69, 9.17) is 4.98 Å². The van der Waals surface area contributed by atoms with Crippen LogP contribution in [0.15, 0.2) is 59.1 Å². The van der Waals surface area contributed by atoms with Gasteiger partial charge < -0.3 is 10.4 Å². The number of fused-ring (bicyclic) bond motifs is 1. The summed E-state index contributed by atoms with van der Waals surface area (Å²) in [6.45, 7) is 3.96. The van der Waals surface area contributed by atoms with Crippen molar-refractivity contribution in [3.8, 4) is 17.0 Å². The quantitative estimate of drug-likeness (QED) is 0.487. The fraction of sp³-hybridized carbons (Fsp3) is 0.100. The molecule has 2 aromatic heterocycles. The van der Waals surface area contributed by atoms with Gasteiger partial charge in [-0.1, -0.05) is 34.1 Å². The second kappa shape index (κ2) is 6.46. The van der Waals surface area contributed by atoms with Crippen LogP contribution in [0.25, 0.3) is 17.0 Å². The molecule has 0 aliphatic carbocycles. The highest BCUT2D eigenvalue weighted by atomic mass is 79.9. The van der Waals surface area contributed by atoms with Gasteiger partial charge in [0.05, 0.1) is 0 Å². The topological polar surface area (TPSA) is 62.5 Å². The van der Waals surface area contributed by atoms with Crippen molar-refractivity contribution < 1.29 is 5.11 Å². The number of aryl methyl sites for hydroxylation is 2. The molecule has 0 saturated heterocycles. The molecule has 2 heterocycles. The van der Waals surface area contributed by atoms with Gasteiger partial charge in [0.15, 0.2) is 0 Å². The molecule has 5 nitrogen and oxygen atoms in total. The van der Waals surface area contributed by atoms with Crippen LogP contribution in [0.2, 0.25) is 0 Å². The summed E-state index contributed by atoms with van der Waals surface area (Å²) in [5.41, 5.74) is 4.13. The molecule has 0 unspecified atom stereocenters. The highest BCUT2D eigenvalue weighted by molar-refractivity contribution is 9.10. The van der Waals surface area contributed by atoms with Crippen LogP contribution in [-0.2, 0) is 0 Å². The highest BCUT2D eigenvalue weighted by Gasteiger charge is 2.19. The molecule has 0 spiro atoms. The number of imidazole rings is 1. The third-order valence-electron chi connectivity index (χ3n) is 4.16. The average molecular weight is 409 g/mol. The first-order valence-electron chi connectivity index (χ1n) is 8.20. The van der Waals surface area contributed by atoms with Gasteiger partial charge in [-0.3, -0.25) is 4.40 Å². The predicted molar refractivity (Wildman–Crippen MR) is 107 cm³/mol. The number of nitrogens with zero attached hydrogens (tertiary/aromatic N) is 3. The Morgan fingerprint density at radius 1 is 1.00 bits per heavy atom. The number of benzene rings is 2. The Bertz CT molecular complexity index is 1110. The van der Waals surface area contributed by atoms with Crippen LogP contribution in [0.4, 0.5) is 11.5 Å². The van der Waals surface area contributed by atoms with Crippen molar-refractivity contribution in [1.82, 2.24) is 14.4 Å². The molecule has 4 rings (SSSR count). The summed E-state index contributed by atoms with van der Waals surface area (Å²) in [7, 11) is 0. The number of rotatable bonds is 3. The number of para-hydroxylation sites is 1. The molecule has 130 valence electrons. The molecule has 0 amide bonds. The van der Waals surface area contributed by atoms with E-state index in [-0.39, 0.29) is 5.75 Å². The third-order valence-corrected chi connectivity index (χ3v) is 4.65. The molecule has 0 atom stereocenters. The molecule has 2 aromatic carbocycles. The first-order valence-corrected chi connectivity index (χ1v) is 9.00. The van der Waals surface area contributed by atoms with Crippen LogP contribution in [0.5, 0.6) is 5.75 Å². The van der Waals surface area contributed by atoms with Crippen molar-refractivity contribution in [2.75, 3.05) is 5.32 Å². The maximum Gasteiger partial charge on any atom is 0.236 e. The summed E-state index contributed by atoms with van der Waals surface area (Å²) >= 11 is 3.47. The van der Waals surface area contributed by atoms with Gasteiger partial charge in [0, 0.05) is 27.1 Å². The van der Waals surface area contributed by atoms with Crippen molar-refractivity contribution in [3.05, 3.63) is 70.5 Å². The van der Waals surface area contributed by atoms with E-state index >= 15 is 0 Å². The number of hydrogen-bond donors (Lipinski definition) is 2. The zero-order valence-corrected chi connectivity index (χ0v) is 15.9. The Labute approximate surface area is 159 Å². The number of halogens is 1. The molecule has 0 radical (unpaired) electrons. The SMILES string of the molecule is Cc1cc(C)n2c(Nc3ccccc3)c(-c3cc(Br)ccc3O)nc2n1. The Morgan fingerprint density at radius 2 is 1.77 bits per heavy atom. The van der Waals surface area contributed by atoms with E-state index in [1.807, 2.05) is 60.7 Å². The normalized spacial score (nSPS) is 11.0. The number of phenolic OH excluding ortho intramolecular Hbond substituents is 1. The molecule has 0 aliphatic rings. The molecule has 26 heavy (non-hydrogen) atoms. The van der Waals surface area contributed by atoms with Crippen molar-refractivity contribution in [2.24, 2.45) is 0 Å². The largest absolute Gasteiger partial charge is 0.507 e. The molecule has 0 fully saturated rings. The van der Waals surface area contributed by atoms with Gasteiger partial charge in [0.1, 0.15) is 17.3 Å². The Kier molecular flexibility index (Phi) is 4.12. The van der Waals surface area contributed by atoms with Crippen LogP contribution in [0.1, 0.15) is 11.4 Å². The Morgan fingerprint density at radius 3 is 2.54 bits per heavy atom. The number of aromatic nitrogens is 3. The van der Waals surface area contributed by atoms with E-state index in [0.717, 1.165) is 27.4 Å². The first kappa shape index (κ1) is 16.6.